The number of H-pyrrole nitrogens is 1. The van der Waals surface area contributed by atoms with Gasteiger partial charge in [0.2, 0.25) is 0 Å². The van der Waals surface area contributed by atoms with Gasteiger partial charge in [0.15, 0.2) is 0 Å². The summed E-state index contributed by atoms with van der Waals surface area (Å²) in [5.41, 5.74) is 4.45. The number of carboxylic acid groups (broad SMARTS) is 1. The Labute approximate surface area is 172 Å². The molecule has 3 nitrogen and oxygen atoms in total. The average Bonchev–Trinajstić information content (AvgIpc) is 2.99. The lowest BCUT2D eigenvalue weighted by Crippen LogP contribution is -2.04. The molecule has 27 heavy (non-hydrogen) atoms. The van der Waals surface area contributed by atoms with Crippen molar-refractivity contribution in [1.29, 1.82) is 0 Å². The maximum atomic E-state index is 11.9. The van der Waals surface area contributed by atoms with Gasteiger partial charge in [-0.2, -0.15) is 0 Å². The Morgan fingerprint density at radius 3 is 2.33 bits per heavy atom. The van der Waals surface area contributed by atoms with Crippen LogP contribution in [0.5, 0.6) is 0 Å². The maximum Gasteiger partial charge on any atom is 0.337 e. The molecule has 140 valence electrons. The zero-order chi connectivity index (χ0) is 19.6. The summed E-state index contributed by atoms with van der Waals surface area (Å²) in [4.78, 5) is 15.2. The molecule has 6 heteroatoms. The molecule has 0 aliphatic carbocycles. The maximum absolute atomic E-state index is 11.9. The van der Waals surface area contributed by atoms with E-state index in [9.17, 15) is 9.90 Å². The van der Waals surface area contributed by atoms with Crippen LogP contribution < -0.4 is 0 Å². The second-order valence-corrected chi connectivity index (χ2v) is 8.38. The van der Waals surface area contributed by atoms with Gasteiger partial charge in [0, 0.05) is 32.3 Å². The predicted molar refractivity (Wildman–Crippen MR) is 114 cm³/mol. The molecule has 0 spiro atoms. The summed E-state index contributed by atoms with van der Waals surface area (Å²) in [6.45, 7) is 3.80. The van der Waals surface area contributed by atoms with Crippen molar-refractivity contribution in [2.24, 2.45) is 0 Å². The van der Waals surface area contributed by atoms with Gasteiger partial charge in [-0.1, -0.05) is 59.6 Å². The van der Waals surface area contributed by atoms with Crippen LogP contribution in [0.2, 0.25) is 10.0 Å². The second kappa shape index (κ2) is 8.42. The standard InChI is InChI=1S/C21H19Cl2NO2S/c1-12-18(21(25)26)19(20(24-12)14-7-4-3-5-8-14)13(2)27-11-15-16(22)9-6-10-17(15)23/h3-10,13,24H,11H2,1-2H3,(H,25,26)/t13-/m1/s1. The van der Waals surface area contributed by atoms with Crippen LogP contribution in [0.4, 0.5) is 0 Å². The molecule has 0 aliphatic heterocycles. The Bertz CT molecular complexity index is 950. The minimum atomic E-state index is -0.927. The van der Waals surface area contributed by atoms with Crippen molar-refractivity contribution in [3.05, 3.63) is 81.0 Å². The van der Waals surface area contributed by atoms with E-state index in [1.165, 1.54) is 0 Å². The minimum absolute atomic E-state index is 0.0661. The molecule has 1 aromatic heterocycles. The fraction of sp³-hybridized carbons (Fsp3) is 0.190. The van der Waals surface area contributed by atoms with E-state index in [4.69, 9.17) is 23.2 Å². The van der Waals surface area contributed by atoms with Crippen molar-refractivity contribution >= 4 is 40.9 Å². The molecule has 0 fully saturated rings. The molecule has 0 amide bonds. The number of aromatic carboxylic acids is 1. The third-order valence-electron chi connectivity index (χ3n) is 4.45. The number of rotatable bonds is 6. The molecule has 0 unspecified atom stereocenters. The number of carboxylic acids is 1. The molecule has 2 aromatic carbocycles. The zero-order valence-electron chi connectivity index (χ0n) is 14.9. The minimum Gasteiger partial charge on any atom is -0.478 e. The summed E-state index contributed by atoms with van der Waals surface area (Å²) in [7, 11) is 0. The van der Waals surface area contributed by atoms with E-state index in [-0.39, 0.29) is 5.25 Å². The van der Waals surface area contributed by atoms with Gasteiger partial charge < -0.3 is 10.1 Å². The van der Waals surface area contributed by atoms with E-state index < -0.39 is 5.97 Å². The highest BCUT2D eigenvalue weighted by atomic mass is 35.5. The first-order valence-electron chi connectivity index (χ1n) is 8.45. The number of carbonyl (C=O) groups is 1. The van der Waals surface area contributed by atoms with E-state index in [1.54, 1.807) is 18.7 Å². The molecule has 0 aliphatic rings. The molecular formula is C21H19Cl2NO2S. The number of nitrogens with one attached hydrogen (secondary N) is 1. The molecule has 2 N–H and O–H groups in total. The van der Waals surface area contributed by atoms with Gasteiger partial charge in [-0.15, -0.1) is 11.8 Å². The number of hydrogen-bond donors (Lipinski definition) is 2. The van der Waals surface area contributed by atoms with Crippen LogP contribution in [-0.2, 0) is 5.75 Å². The normalized spacial score (nSPS) is 12.1. The van der Waals surface area contributed by atoms with Crippen LogP contribution in [0, 0.1) is 6.92 Å². The average molecular weight is 420 g/mol. The molecular weight excluding hydrogens is 401 g/mol. The summed E-state index contributed by atoms with van der Waals surface area (Å²) in [6.07, 6.45) is 0. The van der Waals surface area contributed by atoms with Gasteiger partial charge in [0.05, 0.1) is 11.3 Å². The number of aromatic nitrogens is 1. The molecule has 0 bridgehead atoms. The van der Waals surface area contributed by atoms with Gasteiger partial charge in [0.1, 0.15) is 0 Å². The summed E-state index contributed by atoms with van der Waals surface area (Å²) >= 11 is 14.2. The largest absolute Gasteiger partial charge is 0.478 e. The van der Waals surface area contributed by atoms with Crippen molar-refractivity contribution in [2.75, 3.05) is 0 Å². The fourth-order valence-electron chi connectivity index (χ4n) is 3.12. The van der Waals surface area contributed by atoms with Gasteiger partial charge in [0.25, 0.3) is 0 Å². The zero-order valence-corrected chi connectivity index (χ0v) is 17.3. The molecule has 0 radical (unpaired) electrons. The Morgan fingerprint density at radius 2 is 1.74 bits per heavy atom. The summed E-state index contributed by atoms with van der Waals surface area (Å²) in [5, 5.41) is 10.9. The van der Waals surface area contributed by atoms with Gasteiger partial charge in [-0.25, -0.2) is 4.79 Å². The Kier molecular flexibility index (Phi) is 6.20. The van der Waals surface area contributed by atoms with Gasteiger partial charge in [-0.05, 0) is 37.1 Å². The quantitative estimate of drug-likeness (QED) is 0.452. The third kappa shape index (κ3) is 4.18. The first kappa shape index (κ1) is 19.9. The van der Waals surface area contributed by atoms with E-state index >= 15 is 0 Å². The topological polar surface area (TPSA) is 53.1 Å². The van der Waals surface area contributed by atoms with E-state index in [0.717, 1.165) is 22.4 Å². The number of benzene rings is 2. The number of halogens is 2. The highest BCUT2D eigenvalue weighted by molar-refractivity contribution is 7.98. The fourth-order valence-corrected chi connectivity index (χ4v) is 4.94. The summed E-state index contributed by atoms with van der Waals surface area (Å²) in [6, 6.07) is 15.2. The molecule has 0 saturated heterocycles. The van der Waals surface area contributed by atoms with E-state index in [0.29, 0.717) is 27.1 Å². The van der Waals surface area contributed by atoms with E-state index in [2.05, 4.69) is 4.98 Å². The Morgan fingerprint density at radius 1 is 1.11 bits per heavy atom. The van der Waals surface area contributed by atoms with Crippen LogP contribution in [-0.4, -0.2) is 16.1 Å². The Hall–Kier alpha value is -1.88. The van der Waals surface area contributed by atoms with Gasteiger partial charge >= 0.3 is 5.97 Å². The lowest BCUT2D eigenvalue weighted by Gasteiger charge is -2.15. The number of aromatic amines is 1. The smallest absolute Gasteiger partial charge is 0.337 e. The van der Waals surface area contributed by atoms with E-state index in [1.807, 2.05) is 55.5 Å². The molecule has 1 heterocycles. The van der Waals surface area contributed by atoms with Crippen molar-refractivity contribution in [3.63, 3.8) is 0 Å². The number of thioether (sulfide) groups is 1. The van der Waals surface area contributed by atoms with Crippen molar-refractivity contribution in [1.82, 2.24) is 4.98 Å². The molecule has 3 rings (SSSR count). The van der Waals surface area contributed by atoms with Crippen molar-refractivity contribution in [2.45, 2.75) is 24.9 Å². The monoisotopic (exact) mass is 419 g/mol. The predicted octanol–water partition coefficient (Wildman–Crippen LogP) is 6.99. The lowest BCUT2D eigenvalue weighted by molar-refractivity contribution is 0.0695. The Balaban J connectivity index is 1.98. The number of aryl methyl sites for hydroxylation is 1. The SMILES string of the molecule is Cc1[nH]c(-c2ccccc2)c([C@@H](C)SCc2c(Cl)cccc2Cl)c1C(=O)O. The summed E-state index contributed by atoms with van der Waals surface area (Å²) in [5.74, 6) is -0.332. The number of hydrogen-bond acceptors (Lipinski definition) is 2. The van der Waals surface area contributed by atoms with Crippen molar-refractivity contribution < 1.29 is 9.90 Å². The lowest BCUT2D eigenvalue weighted by atomic mass is 10.0. The first-order chi connectivity index (χ1) is 12.9. The molecule has 3 aromatic rings. The molecule has 1 atom stereocenters. The second-order valence-electron chi connectivity index (χ2n) is 6.24. The van der Waals surface area contributed by atoms with Crippen LogP contribution in [0.25, 0.3) is 11.3 Å². The van der Waals surface area contributed by atoms with Gasteiger partial charge in [-0.3, -0.25) is 0 Å². The first-order valence-corrected chi connectivity index (χ1v) is 10.3. The highest BCUT2D eigenvalue weighted by Crippen LogP contribution is 2.42. The van der Waals surface area contributed by atoms with Crippen LogP contribution in [0.3, 0.4) is 0 Å². The van der Waals surface area contributed by atoms with Crippen LogP contribution in [0.15, 0.2) is 48.5 Å². The summed E-state index contributed by atoms with van der Waals surface area (Å²) < 4.78 is 0. The molecule has 0 saturated carbocycles. The van der Waals surface area contributed by atoms with Crippen molar-refractivity contribution in [3.8, 4) is 11.3 Å². The third-order valence-corrected chi connectivity index (χ3v) is 6.35. The van der Waals surface area contributed by atoms with Crippen LogP contribution >= 0.6 is 35.0 Å². The highest BCUT2D eigenvalue weighted by Gasteiger charge is 2.26. The van der Waals surface area contributed by atoms with Crippen LogP contribution in [0.1, 0.15) is 39.4 Å².